The summed E-state index contributed by atoms with van der Waals surface area (Å²) in [6, 6.07) is 11.3. The highest BCUT2D eigenvalue weighted by Crippen LogP contribution is 2.11. The average Bonchev–Trinajstić information content (AvgIpc) is 2.27. The monoisotopic (exact) mass is 187 g/mol. The highest BCUT2D eigenvalue weighted by atomic mass is 16.4. The van der Waals surface area contributed by atoms with E-state index in [1.165, 1.54) is 0 Å². The van der Waals surface area contributed by atoms with Crippen molar-refractivity contribution in [3.05, 3.63) is 42.1 Å². The minimum absolute atomic E-state index is 0.0238. The van der Waals surface area contributed by atoms with Crippen LogP contribution in [0.25, 0.3) is 10.9 Å². The lowest BCUT2D eigenvalue weighted by atomic mass is 10.2. The number of hydrogen-bond donors (Lipinski definition) is 2. The molecular weight excluding hydrogens is 178 g/mol. The molecular formula is C10H9N3O. The van der Waals surface area contributed by atoms with Gasteiger partial charge >= 0.3 is 0 Å². The number of nitrogens with zero attached hydrogens (tertiary/aromatic N) is 2. The van der Waals surface area contributed by atoms with Crippen LogP contribution in [0.1, 0.15) is 5.69 Å². The number of aromatic nitrogens is 1. The molecule has 0 spiro atoms. The summed E-state index contributed by atoms with van der Waals surface area (Å²) in [7, 11) is 0. The summed E-state index contributed by atoms with van der Waals surface area (Å²) < 4.78 is 0. The van der Waals surface area contributed by atoms with Gasteiger partial charge in [-0.1, -0.05) is 29.4 Å². The van der Waals surface area contributed by atoms with E-state index in [0.29, 0.717) is 5.69 Å². The zero-order chi connectivity index (χ0) is 9.97. The Bertz CT molecular complexity index is 493. The summed E-state index contributed by atoms with van der Waals surface area (Å²) in [5.41, 5.74) is 6.73. The molecule has 2 aromatic rings. The van der Waals surface area contributed by atoms with E-state index in [9.17, 15) is 0 Å². The van der Waals surface area contributed by atoms with Gasteiger partial charge in [-0.3, -0.25) is 0 Å². The van der Waals surface area contributed by atoms with Crippen LogP contribution < -0.4 is 5.73 Å². The van der Waals surface area contributed by atoms with Gasteiger partial charge < -0.3 is 10.9 Å². The van der Waals surface area contributed by atoms with E-state index in [1.54, 1.807) is 6.07 Å². The van der Waals surface area contributed by atoms with Crippen LogP contribution in [0.2, 0.25) is 0 Å². The number of nitrogens with two attached hydrogens (primary N) is 1. The van der Waals surface area contributed by atoms with Gasteiger partial charge in [-0.25, -0.2) is 4.98 Å². The van der Waals surface area contributed by atoms with Crippen molar-refractivity contribution in [2.45, 2.75) is 0 Å². The highest BCUT2D eigenvalue weighted by Gasteiger charge is 2.01. The molecule has 0 bridgehead atoms. The van der Waals surface area contributed by atoms with E-state index in [4.69, 9.17) is 10.9 Å². The lowest BCUT2D eigenvalue weighted by Crippen LogP contribution is -2.14. The Hall–Kier alpha value is -2.10. The molecule has 2 rings (SSSR count). The molecule has 0 aliphatic carbocycles. The van der Waals surface area contributed by atoms with Gasteiger partial charge in [0.15, 0.2) is 5.84 Å². The molecule has 0 radical (unpaired) electrons. The number of amidine groups is 1. The largest absolute Gasteiger partial charge is 0.409 e. The second-order valence-corrected chi connectivity index (χ2v) is 2.87. The smallest absolute Gasteiger partial charge is 0.188 e. The number of fused-ring (bicyclic) bond motifs is 1. The zero-order valence-electron chi connectivity index (χ0n) is 7.38. The number of benzene rings is 1. The van der Waals surface area contributed by atoms with Crippen molar-refractivity contribution in [3.8, 4) is 0 Å². The summed E-state index contributed by atoms with van der Waals surface area (Å²) in [5.74, 6) is 0.0238. The molecule has 0 fully saturated rings. The maximum Gasteiger partial charge on any atom is 0.188 e. The van der Waals surface area contributed by atoms with Gasteiger partial charge in [0.05, 0.1) is 5.52 Å². The summed E-state index contributed by atoms with van der Waals surface area (Å²) in [6.07, 6.45) is 0. The molecule has 1 aromatic heterocycles. The van der Waals surface area contributed by atoms with Crippen molar-refractivity contribution < 1.29 is 5.21 Å². The third kappa shape index (κ3) is 1.37. The third-order valence-electron chi connectivity index (χ3n) is 1.97. The van der Waals surface area contributed by atoms with Gasteiger partial charge in [-0.05, 0) is 12.1 Å². The Kier molecular flexibility index (Phi) is 2.02. The second kappa shape index (κ2) is 3.33. The fourth-order valence-corrected chi connectivity index (χ4v) is 1.26. The van der Waals surface area contributed by atoms with E-state index in [-0.39, 0.29) is 5.84 Å². The molecule has 0 amide bonds. The van der Waals surface area contributed by atoms with Crippen LogP contribution >= 0.6 is 0 Å². The van der Waals surface area contributed by atoms with Crippen molar-refractivity contribution in [1.29, 1.82) is 0 Å². The maximum absolute atomic E-state index is 8.48. The Balaban J connectivity index is 2.62. The lowest BCUT2D eigenvalue weighted by Gasteiger charge is -2.00. The van der Waals surface area contributed by atoms with Crippen LogP contribution in [-0.4, -0.2) is 16.0 Å². The van der Waals surface area contributed by atoms with Gasteiger partial charge in [0.25, 0.3) is 0 Å². The third-order valence-corrected chi connectivity index (χ3v) is 1.97. The van der Waals surface area contributed by atoms with E-state index in [1.807, 2.05) is 30.3 Å². The van der Waals surface area contributed by atoms with E-state index >= 15 is 0 Å². The predicted molar refractivity (Wildman–Crippen MR) is 54.3 cm³/mol. The summed E-state index contributed by atoms with van der Waals surface area (Å²) in [6.45, 7) is 0. The molecule has 3 N–H and O–H groups in total. The molecule has 0 saturated heterocycles. The fraction of sp³-hybridized carbons (Fsp3) is 0. The topological polar surface area (TPSA) is 71.5 Å². The summed E-state index contributed by atoms with van der Waals surface area (Å²) >= 11 is 0. The van der Waals surface area contributed by atoms with Crippen molar-refractivity contribution in [2.75, 3.05) is 0 Å². The van der Waals surface area contributed by atoms with Crippen LogP contribution in [0, 0.1) is 0 Å². The molecule has 0 aliphatic rings. The Morgan fingerprint density at radius 2 is 2.00 bits per heavy atom. The first kappa shape index (κ1) is 8.50. The van der Waals surface area contributed by atoms with Gasteiger partial charge in [0.2, 0.25) is 0 Å². The van der Waals surface area contributed by atoms with Gasteiger partial charge in [0.1, 0.15) is 5.69 Å². The molecule has 0 saturated carbocycles. The van der Waals surface area contributed by atoms with Crippen molar-refractivity contribution >= 4 is 16.7 Å². The average molecular weight is 187 g/mol. The summed E-state index contributed by atoms with van der Waals surface area (Å²) in [4.78, 5) is 4.23. The van der Waals surface area contributed by atoms with E-state index in [0.717, 1.165) is 10.9 Å². The normalized spacial score (nSPS) is 11.9. The molecule has 0 atom stereocenters. The minimum Gasteiger partial charge on any atom is -0.409 e. The summed E-state index contributed by atoms with van der Waals surface area (Å²) in [5, 5.41) is 12.4. The molecule has 1 heterocycles. The maximum atomic E-state index is 8.48. The number of rotatable bonds is 1. The van der Waals surface area contributed by atoms with E-state index < -0.39 is 0 Å². The molecule has 0 aliphatic heterocycles. The van der Waals surface area contributed by atoms with Crippen LogP contribution in [-0.2, 0) is 0 Å². The molecule has 0 unspecified atom stereocenters. The van der Waals surface area contributed by atoms with Crippen molar-refractivity contribution in [3.63, 3.8) is 0 Å². The number of oxime groups is 1. The highest BCUT2D eigenvalue weighted by molar-refractivity contribution is 5.97. The lowest BCUT2D eigenvalue weighted by molar-refractivity contribution is 0.318. The minimum atomic E-state index is 0.0238. The fourth-order valence-electron chi connectivity index (χ4n) is 1.26. The number of pyridine rings is 1. The quantitative estimate of drug-likeness (QED) is 0.306. The molecule has 14 heavy (non-hydrogen) atoms. The van der Waals surface area contributed by atoms with Crippen molar-refractivity contribution in [2.24, 2.45) is 10.9 Å². The molecule has 70 valence electrons. The SMILES string of the molecule is N/C(=N\O)c1ccc2ccccc2n1. The standard InChI is InChI=1S/C10H9N3O/c11-10(13-14)9-6-5-7-3-1-2-4-8(7)12-9/h1-6,14H,(H2,11,13). The van der Waals surface area contributed by atoms with Crippen molar-refractivity contribution in [1.82, 2.24) is 4.98 Å². The number of para-hydroxylation sites is 1. The number of hydrogen-bond acceptors (Lipinski definition) is 3. The predicted octanol–water partition coefficient (Wildman–Crippen LogP) is 1.33. The van der Waals surface area contributed by atoms with E-state index in [2.05, 4.69) is 10.1 Å². The van der Waals surface area contributed by atoms with Gasteiger partial charge in [0, 0.05) is 5.39 Å². The first-order valence-electron chi connectivity index (χ1n) is 4.15. The van der Waals surface area contributed by atoms with Gasteiger partial charge in [-0.15, -0.1) is 0 Å². The Labute approximate surface area is 80.7 Å². The second-order valence-electron chi connectivity index (χ2n) is 2.87. The van der Waals surface area contributed by atoms with Crippen LogP contribution in [0.4, 0.5) is 0 Å². The zero-order valence-corrected chi connectivity index (χ0v) is 7.38. The van der Waals surface area contributed by atoms with Crippen LogP contribution in [0.15, 0.2) is 41.6 Å². The first-order chi connectivity index (χ1) is 6.81. The molecule has 1 aromatic carbocycles. The van der Waals surface area contributed by atoms with Crippen LogP contribution in [0.5, 0.6) is 0 Å². The van der Waals surface area contributed by atoms with Gasteiger partial charge in [-0.2, -0.15) is 0 Å². The first-order valence-corrected chi connectivity index (χ1v) is 4.15. The van der Waals surface area contributed by atoms with Crippen LogP contribution in [0.3, 0.4) is 0 Å². The Morgan fingerprint density at radius 3 is 2.79 bits per heavy atom. The molecule has 4 nitrogen and oxygen atoms in total. The Morgan fingerprint density at radius 1 is 1.21 bits per heavy atom. The molecule has 4 heteroatoms.